The summed E-state index contributed by atoms with van der Waals surface area (Å²) in [6.45, 7) is 0. The maximum absolute atomic E-state index is 14.9. The van der Waals surface area contributed by atoms with Crippen molar-refractivity contribution in [3.05, 3.63) is 89.9 Å². The predicted molar refractivity (Wildman–Crippen MR) is 127 cm³/mol. The average molecular weight is 458 g/mol. The van der Waals surface area contributed by atoms with E-state index in [2.05, 4.69) is 34.6 Å². The summed E-state index contributed by atoms with van der Waals surface area (Å²) in [5, 5.41) is 12.8. The molecule has 0 atom stereocenters. The second kappa shape index (κ2) is 7.49. The molecule has 0 unspecified atom stereocenters. The molecule has 164 valence electrons. The standard InChI is InChI=1S/C26H20FN3O2S/c27-20-14-17(28-18-12-15(13-18)25(31)32)6-7-19(20)23-29-21-8-9-22(30-24(21)33-23)26(10-11-26)16-4-2-1-3-5-16/h1-11,14-15,18,28H,12-13H2,(H,31,32). The number of carboxylic acids is 1. The van der Waals surface area contributed by atoms with Gasteiger partial charge in [-0.1, -0.05) is 53.8 Å². The zero-order valence-electron chi connectivity index (χ0n) is 17.5. The van der Waals surface area contributed by atoms with Crippen molar-refractivity contribution in [2.45, 2.75) is 24.3 Å². The minimum absolute atomic E-state index is 0.0643. The molecule has 5 nitrogen and oxygen atoms in total. The molecule has 0 aliphatic heterocycles. The first kappa shape index (κ1) is 20.1. The summed E-state index contributed by atoms with van der Waals surface area (Å²) in [5.74, 6) is -1.44. The summed E-state index contributed by atoms with van der Waals surface area (Å²) in [6, 6.07) is 19.2. The number of aliphatic carboxylic acids is 1. The number of benzene rings is 2. The normalized spacial score (nSPS) is 20.4. The number of rotatable bonds is 6. The lowest BCUT2D eigenvalue weighted by Gasteiger charge is -2.33. The van der Waals surface area contributed by atoms with E-state index in [9.17, 15) is 9.18 Å². The first-order chi connectivity index (χ1) is 16.0. The van der Waals surface area contributed by atoms with Gasteiger partial charge in [-0.25, -0.2) is 14.4 Å². The number of anilines is 1. The smallest absolute Gasteiger partial charge is 0.306 e. The van der Waals surface area contributed by atoms with Crippen molar-refractivity contribution < 1.29 is 14.3 Å². The third-order valence-corrected chi connectivity index (χ3v) is 7.49. The molecule has 2 aliphatic carbocycles. The molecule has 0 saturated heterocycles. The van der Waals surface area contributed by atoms with Crippen molar-refractivity contribution in [2.75, 3.05) is 5.32 Å². The van der Waals surface area contributed by atoms with Gasteiger partial charge in [0.15, 0.2) is 0 Å². The molecule has 2 aliphatic rings. The van der Waals surface area contributed by atoms with Gasteiger partial charge in [-0.15, -0.1) is 0 Å². The van der Waals surface area contributed by atoms with E-state index in [1.807, 2.05) is 36.4 Å². The molecule has 1 fully saturated rings. The molecule has 7 heteroatoms. The van der Waals surface area contributed by atoms with Crippen LogP contribution in [-0.4, -0.2) is 27.1 Å². The largest absolute Gasteiger partial charge is 0.481 e. The maximum Gasteiger partial charge on any atom is 0.306 e. The van der Waals surface area contributed by atoms with E-state index in [-0.39, 0.29) is 23.2 Å². The van der Waals surface area contributed by atoms with Gasteiger partial charge < -0.3 is 10.4 Å². The summed E-state index contributed by atoms with van der Waals surface area (Å²) in [7, 11) is 0. The predicted octanol–water partition coefficient (Wildman–Crippen LogP) is 5.63. The Morgan fingerprint density at radius 2 is 1.85 bits per heavy atom. The number of nitrogens with one attached hydrogen (secondary N) is 1. The second-order valence-electron chi connectivity index (χ2n) is 8.65. The Morgan fingerprint density at radius 3 is 2.55 bits per heavy atom. The van der Waals surface area contributed by atoms with Crippen LogP contribution in [0.4, 0.5) is 10.1 Å². The zero-order valence-corrected chi connectivity index (χ0v) is 18.3. The van der Waals surface area contributed by atoms with Crippen molar-refractivity contribution >= 4 is 33.3 Å². The number of pyridine rings is 1. The van der Waals surface area contributed by atoms with Crippen LogP contribution >= 0.6 is 11.3 Å². The van der Waals surface area contributed by atoms with Crippen LogP contribution in [0.15, 0.2) is 72.8 Å². The number of halogens is 1. The number of thiazole rings is 1. The molecule has 2 heterocycles. The fraction of sp³-hybridized carbons (Fsp3) is 0.192. The highest BCUT2D eigenvalue weighted by Gasteiger charge is 2.39. The van der Waals surface area contributed by atoms with Crippen LogP contribution in [0.5, 0.6) is 0 Å². The van der Waals surface area contributed by atoms with Crippen molar-refractivity contribution in [1.82, 2.24) is 9.97 Å². The summed E-state index contributed by atoms with van der Waals surface area (Å²) in [6.07, 6.45) is 5.41. The lowest BCUT2D eigenvalue weighted by atomic mass is 9.80. The lowest BCUT2D eigenvalue weighted by Crippen LogP contribution is -2.39. The molecule has 0 bridgehead atoms. The van der Waals surface area contributed by atoms with Crippen LogP contribution in [0, 0.1) is 11.7 Å². The van der Waals surface area contributed by atoms with E-state index < -0.39 is 5.97 Å². The summed E-state index contributed by atoms with van der Waals surface area (Å²) < 4.78 is 14.9. The third kappa shape index (κ3) is 3.49. The van der Waals surface area contributed by atoms with Gasteiger partial charge in [0.1, 0.15) is 21.2 Å². The van der Waals surface area contributed by atoms with E-state index in [1.165, 1.54) is 23.0 Å². The first-order valence-corrected chi connectivity index (χ1v) is 11.7. The Bertz CT molecular complexity index is 1400. The van der Waals surface area contributed by atoms with Gasteiger partial charge in [0.05, 0.1) is 17.0 Å². The Morgan fingerprint density at radius 1 is 1.06 bits per heavy atom. The SMILES string of the molecule is O=C(O)C1CC(Nc2ccc(-c3nc4ccc(C5(c6ccccc6)C=C5)nc4s3)c(F)c2)C1. The van der Waals surface area contributed by atoms with Gasteiger partial charge in [-0.05, 0) is 48.7 Å². The highest BCUT2D eigenvalue weighted by atomic mass is 32.1. The Labute approximate surface area is 193 Å². The number of nitrogens with zero attached hydrogens (tertiary/aromatic N) is 2. The number of aromatic nitrogens is 2. The van der Waals surface area contributed by atoms with E-state index in [4.69, 9.17) is 10.1 Å². The molecule has 2 aromatic heterocycles. The van der Waals surface area contributed by atoms with Crippen LogP contribution in [0.1, 0.15) is 24.1 Å². The average Bonchev–Trinajstić information content (AvgIpc) is 3.49. The molecule has 0 spiro atoms. The van der Waals surface area contributed by atoms with Gasteiger partial charge in [0.2, 0.25) is 0 Å². The van der Waals surface area contributed by atoms with E-state index in [0.717, 1.165) is 16.0 Å². The highest BCUT2D eigenvalue weighted by molar-refractivity contribution is 7.21. The topological polar surface area (TPSA) is 75.1 Å². The Kier molecular flexibility index (Phi) is 4.55. The van der Waals surface area contributed by atoms with Gasteiger partial charge in [-0.2, -0.15) is 0 Å². The van der Waals surface area contributed by atoms with Crippen molar-refractivity contribution in [3.8, 4) is 10.6 Å². The maximum atomic E-state index is 14.9. The fourth-order valence-corrected chi connectivity index (χ4v) is 5.39. The number of hydrogen-bond donors (Lipinski definition) is 2. The van der Waals surface area contributed by atoms with Crippen molar-refractivity contribution in [1.29, 1.82) is 0 Å². The van der Waals surface area contributed by atoms with Crippen LogP contribution in [0.2, 0.25) is 0 Å². The van der Waals surface area contributed by atoms with Gasteiger partial charge >= 0.3 is 5.97 Å². The Balaban J connectivity index is 1.25. The molecule has 33 heavy (non-hydrogen) atoms. The number of carboxylic acid groups (broad SMARTS) is 1. The molecule has 4 aromatic rings. The summed E-state index contributed by atoms with van der Waals surface area (Å²) in [5.41, 5.74) is 3.69. The van der Waals surface area contributed by atoms with Gasteiger partial charge in [0.25, 0.3) is 0 Å². The monoisotopic (exact) mass is 457 g/mol. The second-order valence-corrected chi connectivity index (χ2v) is 9.63. The first-order valence-electron chi connectivity index (χ1n) is 10.8. The van der Waals surface area contributed by atoms with Crippen LogP contribution in [-0.2, 0) is 10.2 Å². The number of allylic oxidation sites excluding steroid dienone is 2. The molecule has 2 N–H and O–H groups in total. The van der Waals surface area contributed by atoms with Gasteiger partial charge in [0, 0.05) is 17.3 Å². The van der Waals surface area contributed by atoms with Gasteiger partial charge in [-0.3, -0.25) is 4.79 Å². The number of carbonyl (C=O) groups is 1. The van der Waals surface area contributed by atoms with Crippen molar-refractivity contribution in [3.63, 3.8) is 0 Å². The van der Waals surface area contributed by atoms with Crippen LogP contribution in [0.3, 0.4) is 0 Å². The Hall–Kier alpha value is -3.58. The van der Waals surface area contributed by atoms with E-state index in [1.54, 1.807) is 6.07 Å². The molecule has 2 aromatic carbocycles. The van der Waals surface area contributed by atoms with Crippen LogP contribution in [0.25, 0.3) is 20.9 Å². The summed E-state index contributed by atoms with van der Waals surface area (Å²) in [4.78, 5) is 21.2. The molecular weight excluding hydrogens is 437 g/mol. The number of fused-ring (bicyclic) bond motifs is 1. The molecule has 6 rings (SSSR count). The molecule has 0 radical (unpaired) electrons. The molecule has 0 amide bonds. The van der Waals surface area contributed by atoms with E-state index in [0.29, 0.717) is 29.1 Å². The third-order valence-electron chi connectivity index (χ3n) is 6.49. The van der Waals surface area contributed by atoms with Crippen LogP contribution < -0.4 is 5.32 Å². The number of hydrogen-bond acceptors (Lipinski definition) is 5. The van der Waals surface area contributed by atoms with E-state index >= 15 is 0 Å². The quantitative estimate of drug-likeness (QED) is 0.367. The lowest BCUT2D eigenvalue weighted by molar-refractivity contribution is -0.144. The highest BCUT2D eigenvalue weighted by Crippen LogP contribution is 2.45. The zero-order chi connectivity index (χ0) is 22.6. The minimum Gasteiger partial charge on any atom is -0.481 e. The summed E-state index contributed by atoms with van der Waals surface area (Å²) >= 11 is 1.38. The molecule has 1 saturated carbocycles. The molecular formula is C26H20FN3O2S. The van der Waals surface area contributed by atoms with Crippen molar-refractivity contribution in [2.24, 2.45) is 5.92 Å². The minimum atomic E-state index is -0.769. The fourth-order valence-electron chi connectivity index (χ4n) is 4.42.